The minimum absolute atomic E-state index is 0.260. The maximum Gasteiger partial charge on any atom is 0.695 e. The zero-order valence-corrected chi connectivity index (χ0v) is 9.85. The highest BCUT2D eigenvalue weighted by Crippen LogP contribution is 2.68. The van der Waals surface area contributed by atoms with Crippen molar-refractivity contribution in [2.75, 3.05) is 7.11 Å². The maximum absolute atomic E-state index is 10.8. The monoisotopic (exact) mass is 243 g/mol. The normalized spacial score (nSPS) is 54.6. The predicted octanol–water partition coefficient (Wildman–Crippen LogP) is 0.484. The van der Waals surface area contributed by atoms with Gasteiger partial charge >= 0.3 is 8.25 Å². The van der Waals surface area contributed by atoms with Gasteiger partial charge in [0.15, 0.2) is 5.60 Å². The smallest absolute Gasteiger partial charge is 0.378 e. The van der Waals surface area contributed by atoms with E-state index in [-0.39, 0.29) is 18.0 Å². The molecule has 0 aromatic carbocycles. The fourth-order valence-corrected chi connectivity index (χ4v) is 4.04. The van der Waals surface area contributed by atoms with Crippen LogP contribution in [0.2, 0.25) is 0 Å². The molecule has 2 radical (unpaired) electrons. The second kappa shape index (κ2) is 3.27. The van der Waals surface area contributed by atoms with Crippen LogP contribution in [-0.4, -0.2) is 43.2 Å². The third-order valence-corrected chi connectivity index (χ3v) is 4.62. The summed E-state index contributed by atoms with van der Waals surface area (Å²) < 4.78 is 27.2. The Hall–Kier alpha value is 0.00494. The van der Waals surface area contributed by atoms with Gasteiger partial charge in [0, 0.05) is 23.6 Å². The van der Waals surface area contributed by atoms with Crippen LogP contribution in [0.25, 0.3) is 0 Å². The van der Waals surface area contributed by atoms with Crippen LogP contribution in [0.5, 0.6) is 0 Å². The minimum Gasteiger partial charge on any atom is -0.378 e. The Morgan fingerprint density at radius 2 is 2.25 bits per heavy atom. The summed E-state index contributed by atoms with van der Waals surface area (Å²) in [6.07, 6.45) is 1.87. The molecule has 1 aliphatic heterocycles. The van der Waals surface area contributed by atoms with E-state index in [9.17, 15) is 4.57 Å². The lowest BCUT2D eigenvalue weighted by Crippen LogP contribution is -2.44. The first-order valence-corrected chi connectivity index (χ1v) is 6.47. The van der Waals surface area contributed by atoms with Gasteiger partial charge in [-0.25, -0.2) is 0 Å². The molecule has 1 saturated heterocycles. The Morgan fingerprint density at radius 1 is 1.50 bits per heavy atom. The zero-order valence-electron chi connectivity index (χ0n) is 8.96. The van der Waals surface area contributed by atoms with Crippen molar-refractivity contribution >= 4 is 16.1 Å². The fraction of sp³-hybridized carbons (Fsp3) is 1.00. The SMILES string of the molecule is [B]C1C[C@@]2(OC)C[C@@H]3C[C@]3(O[P+](=O)O)[C@H]2O1. The van der Waals surface area contributed by atoms with Gasteiger partial charge in [-0.2, -0.15) is 0 Å². The summed E-state index contributed by atoms with van der Waals surface area (Å²) >= 11 is 0. The molecule has 0 bridgehead atoms. The molecule has 0 aromatic rings. The molecule has 0 spiro atoms. The second-order valence-corrected chi connectivity index (χ2v) is 5.58. The highest BCUT2D eigenvalue weighted by molar-refractivity contribution is 7.32. The van der Waals surface area contributed by atoms with Gasteiger partial charge in [0.1, 0.15) is 14.0 Å². The van der Waals surface area contributed by atoms with E-state index in [1.807, 2.05) is 0 Å². The van der Waals surface area contributed by atoms with Crippen molar-refractivity contribution in [3.63, 3.8) is 0 Å². The minimum atomic E-state index is -2.61. The largest absolute Gasteiger partial charge is 0.695 e. The molecule has 3 aliphatic rings. The van der Waals surface area contributed by atoms with Crippen LogP contribution in [0.1, 0.15) is 19.3 Å². The van der Waals surface area contributed by atoms with E-state index in [4.69, 9.17) is 26.7 Å². The summed E-state index contributed by atoms with van der Waals surface area (Å²) in [6, 6.07) is -0.372. The van der Waals surface area contributed by atoms with Crippen molar-refractivity contribution < 1.29 is 23.5 Å². The van der Waals surface area contributed by atoms with Gasteiger partial charge in [-0.1, -0.05) is 0 Å². The third-order valence-electron chi connectivity index (χ3n) is 4.12. The Labute approximate surface area is 95.8 Å². The molecule has 86 valence electrons. The maximum atomic E-state index is 10.8. The first-order valence-electron chi connectivity index (χ1n) is 5.34. The van der Waals surface area contributed by atoms with Crippen molar-refractivity contribution in [1.82, 2.24) is 0 Å². The molecule has 0 aromatic heterocycles. The van der Waals surface area contributed by atoms with Gasteiger partial charge in [-0.15, -0.1) is 9.42 Å². The lowest BCUT2D eigenvalue weighted by atomic mass is 9.86. The average molecular weight is 243 g/mol. The molecule has 16 heavy (non-hydrogen) atoms. The van der Waals surface area contributed by atoms with Gasteiger partial charge in [-0.3, -0.25) is 0 Å². The molecule has 2 aliphatic carbocycles. The van der Waals surface area contributed by atoms with Crippen LogP contribution in [-0.2, 0) is 18.6 Å². The molecular weight excluding hydrogens is 230 g/mol. The van der Waals surface area contributed by atoms with Crippen LogP contribution in [0.3, 0.4) is 0 Å². The highest BCUT2D eigenvalue weighted by atomic mass is 31.1. The van der Waals surface area contributed by atoms with Crippen molar-refractivity contribution in [2.45, 2.75) is 42.6 Å². The molecule has 2 unspecified atom stereocenters. The van der Waals surface area contributed by atoms with Crippen molar-refractivity contribution in [2.24, 2.45) is 5.92 Å². The number of hydrogen-bond acceptors (Lipinski definition) is 4. The van der Waals surface area contributed by atoms with Gasteiger partial charge in [0.2, 0.25) is 0 Å². The molecule has 5 nitrogen and oxygen atoms in total. The lowest BCUT2D eigenvalue weighted by Gasteiger charge is -2.29. The van der Waals surface area contributed by atoms with E-state index < -0.39 is 19.5 Å². The molecule has 3 fully saturated rings. The van der Waals surface area contributed by atoms with Gasteiger partial charge < -0.3 is 9.47 Å². The van der Waals surface area contributed by atoms with Crippen LogP contribution in [0.15, 0.2) is 0 Å². The molecule has 7 heteroatoms. The van der Waals surface area contributed by atoms with Crippen LogP contribution >= 0.6 is 8.25 Å². The summed E-state index contributed by atoms with van der Waals surface area (Å²) in [5.74, 6) is 0.260. The first-order chi connectivity index (χ1) is 7.52. The van der Waals surface area contributed by atoms with E-state index in [2.05, 4.69) is 0 Å². The number of fused-ring (bicyclic) bond motifs is 3. The summed E-state index contributed by atoms with van der Waals surface area (Å²) in [6.45, 7) is 0. The molecule has 0 amide bonds. The third kappa shape index (κ3) is 1.28. The zero-order chi connectivity index (χ0) is 11.6. The Morgan fingerprint density at radius 3 is 2.88 bits per heavy atom. The second-order valence-electron chi connectivity index (χ2n) is 4.92. The van der Waals surface area contributed by atoms with Crippen molar-refractivity contribution in [1.29, 1.82) is 0 Å². The van der Waals surface area contributed by atoms with Gasteiger partial charge in [0.25, 0.3) is 0 Å². The Bertz CT molecular complexity index is 353. The topological polar surface area (TPSA) is 65.0 Å². The van der Waals surface area contributed by atoms with E-state index >= 15 is 0 Å². The first kappa shape index (κ1) is 11.1. The van der Waals surface area contributed by atoms with Gasteiger partial charge in [-0.05, 0) is 19.3 Å². The number of rotatable bonds is 3. The molecule has 3 rings (SSSR count). The summed E-state index contributed by atoms with van der Waals surface area (Å²) in [5.41, 5.74) is -1.06. The van der Waals surface area contributed by atoms with E-state index in [1.165, 1.54) is 0 Å². The van der Waals surface area contributed by atoms with Crippen LogP contribution < -0.4 is 0 Å². The average Bonchev–Trinajstić information content (AvgIpc) is 2.63. The summed E-state index contributed by atoms with van der Waals surface area (Å²) in [7, 11) is 4.78. The van der Waals surface area contributed by atoms with Crippen molar-refractivity contribution in [3.05, 3.63) is 0 Å². The molecular formula is C9H13BO5P+. The number of hydrogen-bond donors (Lipinski definition) is 1. The molecule has 6 atom stereocenters. The standard InChI is InChI=1S/C9H12BO5P/c1-13-8-2-5-3-9(5,15-16(11)12)7(8)14-6(10)4-8/h5-7H,2-4H2,1H3/p+1/t5-,6?,7+,8+,9-/m1/s1. The molecule has 1 heterocycles. The fourth-order valence-electron chi connectivity index (χ4n) is 3.43. The summed E-state index contributed by atoms with van der Waals surface area (Å²) in [5, 5.41) is 0. The lowest BCUT2D eigenvalue weighted by molar-refractivity contribution is -0.0973. The number of methoxy groups -OCH3 is 1. The predicted molar refractivity (Wildman–Crippen MR) is 55.1 cm³/mol. The number of ether oxygens (including phenoxy) is 2. The summed E-state index contributed by atoms with van der Waals surface area (Å²) in [4.78, 5) is 8.91. The van der Waals surface area contributed by atoms with E-state index in [0.717, 1.165) is 12.8 Å². The van der Waals surface area contributed by atoms with E-state index in [0.29, 0.717) is 6.42 Å². The van der Waals surface area contributed by atoms with E-state index in [1.54, 1.807) is 7.11 Å². The molecule has 1 N–H and O–H groups in total. The Kier molecular flexibility index (Phi) is 2.27. The van der Waals surface area contributed by atoms with Crippen molar-refractivity contribution in [3.8, 4) is 0 Å². The quantitative estimate of drug-likeness (QED) is 0.577. The van der Waals surface area contributed by atoms with Crippen LogP contribution in [0.4, 0.5) is 0 Å². The highest BCUT2D eigenvalue weighted by Gasteiger charge is 2.79. The van der Waals surface area contributed by atoms with Crippen LogP contribution in [0, 0.1) is 5.92 Å². The van der Waals surface area contributed by atoms with Gasteiger partial charge in [0.05, 0.1) is 5.60 Å². The molecule has 2 saturated carbocycles. The Balaban J connectivity index is 1.88.